The predicted molar refractivity (Wildman–Crippen MR) is 99.3 cm³/mol. The van der Waals surface area contributed by atoms with E-state index in [1.165, 1.54) is 31.4 Å². The number of aliphatic hydroxyl groups is 1. The quantitative estimate of drug-likeness (QED) is 0.398. The third-order valence-corrected chi connectivity index (χ3v) is 3.91. The van der Waals surface area contributed by atoms with Gasteiger partial charge in [0.1, 0.15) is 18.2 Å². The van der Waals surface area contributed by atoms with Crippen LogP contribution in [-0.4, -0.2) is 40.7 Å². The summed E-state index contributed by atoms with van der Waals surface area (Å²) in [6.07, 6.45) is 0. The minimum absolute atomic E-state index is 0.120. The maximum absolute atomic E-state index is 12.1. The smallest absolute Gasteiger partial charge is 0.338 e. The fourth-order valence-electron chi connectivity index (χ4n) is 2.48. The van der Waals surface area contributed by atoms with Crippen molar-refractivity contribution >= 4 is 28.5 Å². The summed E-state index contributed by atoms with van der Waals surface area (Å²) in [6.45, 7) is -0.502. The van der Waals surface area contributed by atoms with Gasteiger partial charge >= 0.3 is 11.9 Å². The Hall–Kier alpha value is -4.12. The lowest BCUT2D eigenvalue weighted by atomic mass is 10.1. The number of carbonyl (C=O) groups excluding carboxylic acids is 2. The van der Waals surface area contributed by atoms with Crippen LogP contribution in [0.5, 0.6) is 0 Å². The fourth-order valence-corrected chi connectivity index (χ4v) is 2.48. The maximum Gasteiger partial charge on any atom is 0.338 e. The predicted octanol–water partition coefficient (Wildman–Crippen LogP) is 3.00. The summed E-state index contributed by atoms with van der Waals surface area (Å²) >= 11 is 0. The van der Waals surface area contributed by atoms with Gasteiger partial charge in [-0.25, -0.2) is 14.6 Å². The van der Waals surface area contributed by atoms with Gasteiger partial charge in [0.2, 0.25) is 0 Å². The van der Waals surface area contributed by atoms with Gasteiger partial charge in [-0.2, -0.15) is 5.26 Å². The van der Waals surface area contributed by atoms with E-state index >= 15 is 0 Å². The number of imidazole rings is 1. The number of ether oxygens (including phenoxy) is 2. The highest BCUT2D eigenvalue weighted by Crippen LogP contribution is 2.19. The molecule has 3 rings (SSSR count). The SMILES string of the molecule is COC(=O)c1ccc(C(=O)OC/C(O)=C(\C#N)c2nc3ccccc3[nH]2)cc1. The van der Waals surface area contributed by atoms with Crippen molar-refractivity contribution in [2.75, 3.05) is 13.7 Å². The Labute approximate surface area is 159 Å². The summed E-state index contributed by atoms with van der Waals surface area (Å²) in [7, 11) is 1.26. The van der Waals surface area contributed by atoms with Crippen LogP contribution in [0.1, 0.15) is 26.5 Å². The number of aromatic amines is 1. The maximum atomic E-state index is 12.1. The molecule has 2 aromatic carbocycles. The molecule has 0 bridgehead atoms. The highest BCUT2D eigenvalue weighted by atomic mass is 16.5. The van der Waals surface area contributed by atoms with Gasteiger partial charge < -0.3 is 19.6 Å². The fraction of sp³-hybridized carbons (Fsp3) is 0.100. The number of carbonyl (C=O) groups is 2. The van der Waals surface area contributed by atoms with Crippen LogP contribution in [0.15, 0.2) is 54.3 Å². The molecule has 0 fully saturated rings. The number of nitrogens with one attached hydrogen (secondary N) is 1. The Balaban J connectivity index is 1.73. The molecule has 3 aromatic rings. The number of aromatic nitrogens is 2. The van der Waals surface area contributed by atoms with Crippen molar-refractivity contribution in [1.82, 2.24) is 9.97 Å². The van der Waals surface area contributed by atoms with Crippen molar-refractivity contribution in [3.63, 3.8) is 0 Å². The van der Waals surface area contributed by atoms with E-state index in [0.717, 1.165) is 0 Å². The van der Waals surface area contributed by atoms with Crippen LogP contribution in [0.4, 0.5) is 0 Å². The Morgan fingerprint density at radius 2 is 1.75 bits per heavy atom. The van der Waals surface area contributed by atoms with Gasteiger partial charge in [0.05, 0.1) is 29.3 Å². The second-order valence-electron chi connectivity index (χ2n) is 5.68. The minimum Gasteiger partial charge on any atom is -0.507 e. The highest BCUT2D eigenvalue weighted by Gasteiger charge is 2.16. The molecule has 0 radical (unpaired) electrons. The molecular formula is C20H15N3O5. The van der Waals surface area contributed by atoms with Crippen LogP contribution in [0.2, 0.25) is 0 Å². The Morgan fingerprint density at radius 3 is 2.36 bits per heavy atom. The van der Waals surface area contributed by atoms with E-state index in [-0.39, 0.29) is 17.0 Å². The molecule has 0 saturated carbocycles. The molecule has 8 heteroatoms. The zero-order chi connectivity index (χ0) is 20.1. The first kappa shape index (κ1) is 18.7. The number of para-hydroxylation sites is 2. The number of aliphatic hydroxyl groups excluding tert-OH is 1. The van der Waals surface area contributed by atoms with Crippen molar-refractivity contribution in [1.29, 1.82) is 5.26 Å². The van der Waals surface area contributed by atoms with E-state index in [2.05, 4.69) is 14.7 Å². The number of nitrogens with zero attached hydrogens (tertiary/aromatic N) is 2. The number of benzene rings is 2. The molecule has 2 N–H and O–H groups in total. The van der Waals surface area contributed by atoms with Crippen molar-refractivity contribution in [2.24, 2.45) is 0 Å². The number of rotatable bonds is 5. The molecular weight excluding hydrogens is 362 g/mol. The highest BCUT2D eigenvalue weighted by molar-refractivity contribution is 5.93. The number of methoxy groups -OCH3 is 1. The number of hydrogen-bond acceptors (Lipinski definition) is 7. The third-order valence-electron chi connectivity index (χ3n) is 3.91. The van der Waals surface area contributed by atoms with E-state index < -0.39 is 24.3 Å². The lowest BCUT2D eigenvalue weighted by Crippen LogP contribution is -2.10. The van der Waals surface area contributed by atoms with Crippen LogP contribution in [-0.2, 0) is 9.47 Å². The van der Waals surface area contributed by atoms with Gasteiger partial charge in [0.15, 0.2) is 11.6 Å². The van der Waals surface area contributed by atoms with Crippen LogP contribution in [0, 0.1) is 11.3 Å². The molecule has 1 heterocycles. The Morgan fingerprint density at radius 1 is 1.11 bits per heavy atom. The number of esters is 2. The van der Waals surface area contributed by atoms with Gasteiger partial charge in [0.25, 0.3) is 0 Å². The normalized spacial score (nSPS) is 11.4. The lowest BCUT2D eigenvalue weighted by Gasteiger charge is -2.06. The lowest BCUT2D eigenvalue weighted by molar-refractivity contribution is 0.0501. The van der Waals surface area contributed by atoms with E-state index in [4.69, 9.17) is 4.74 Å². The van der Waals surface area contributed by atoms with E-state index in [9.17, 15) is 20.0 Å². The molecule has 0 aliphatic heterocycles. The molecule has 1 aromatic heterocycles. The average Bonchev–Trinajstić information content (AvgIpc) is 3.15. The largest absolute Gasteiger partial charge is 0.507 e. The summed E-state index contributed by atoms with van der Waals surface area (Å²) in [5, 5.41) is 19.5. The van der Waals surface area contributed by atoms with Gasteiger partial charge in [-0.1, -0.05) is 12.1 Å². The molecule has 0 spiro atoms. The first-order valence-corrected chi connectivity index (χ1v) is 8.16. The number of nitriles is 1. The van der Waals surface area contributed by atoms with Crippen LogP contribution < -0.4 is 0 Å². The molecule has 0 atom stereocenters. The third kappa shape index (κ3) is 3.83. The van der Waals surface area contributed by atoms with Gasteiger partial charge in [0, 0.05) is 0 Å². The summed E-state index contributed by atoms with van der Waals surface area (Å²) in [5.74, 6) is -1.49. The second kappa shape index (κ2) is 8.05. The summed E-state index contributed by atoms with van der Waals surface area (Å²) in [5.41, 5.74) is 1.70. The van der Waals surface area contributed by atoms with Gasteiger partial charge in [-0.05, 0) is 36.4 Å². The molecule has 8 nitrogen and oxygen atoms in total. The number of H-pyrrole nitrogens is 1. The van der Waals surface area contributed by atoms with Crippen molar-refractivity contribution in [3.8, 4) is 6.07 Å². The van der Waals surface area contributed by atoms with Gasteiger partial charge in [-0.3, -0.25) is 0 Å². The van der Waals surface area contributed by atoms with Crippen molar-refractivity contribution in [3.05, 3.63) is 71.2 Å². The summed E-state index contributed by atoms with van der Waals surface area (Å²) in [4.78, 5) is 30.7. The van der Waals surface area contributed by atoms with Crippen LogP contribution in [0.3, 0.4) is 0 Å². The van der Waals surface area contributed by atoms with Crippen LogP contribution >= 0.6 is 0 Å². The van der Waals surface area contributed by atoms with E-state index in [0.29, 0.717) is 16.6 Å². The molecule has 0 saturated heterocycles. The van der Waals surface area contributed by atoms with Gasteiger partial charge in [-0.15, -0.1) is 0 Å². The monoisotopic (exact) mass is 377 g/mol. The Bertz CT molecular complexity index is 1070. The zero-order valence-corrected chi connectivity index (χ0v) is 14.8. The standard InChI is InChI=1S/C20H15N3O5/c1-27-19(25)12-6-8-13(9-7-12)20(26)28-11-17(24)14(10-21)18-22-15-4-2-3-5-16(15)23-18/h2-9,24H,11H2,1H3,(H,22,23)/b17-14-. The van der Waals surface area contributed by atoms with Crippen molar-refractivity contribution < 1.29 is 24.2 Å². The molecule has 0 aliphatic carbocycles. The molecule has 140 valence electrons. The molecule has 28 heavy (non-hydrogen) atoms. The summed E-state index contributed by atoms with van der Waals surface area (Å²) in [6, 6.07) is 14.7. The van der Waals surface area contributed by atoms with E-state index in [1.54, 1.807) is 18.2 Å². The number of allylic oxidation sites excluding steroid dienone is 1. The minimum atomic E-state index is -0.718. The molecule has 0 unspecified atom stereocenters. The first-order chi connectivity index (χ1) is 13.5. The molecule has 0 amide bonds. The number of fused-ring (bicyclic) bond motifs is 1. The van der Waals surface area contributed by atoms with Crippen molar-refractivity contribution in [2.45, 2.75) is 0 Å². The number of hydrogen-bond donors (Lipinski definition) is 2. The summed E-state index contributed by atoms with van der Waals surface area (Å²) < 4.78 is 9.62. The van der Waals surface area contributed by atoms with Crippen LogP contribution in [0.25, 0.3) is 16.6 Å². The Kier molecular flexibility index (Phi) is 5.37. The second-order valence-corrected chi connectivity index (χ2v) is 5.68. The topological polar surface area (TPSA) is 125 Å². The van der Waals surface area contributed by atoms with E-state index in [1.807, 2.05) is 12.1 Å². The average molecular weight is 377 g/mol. The molecule has 0 aliphatic rings. The first-order valence-electron chi connectivity index (χ1n) is 8.16. The zero-order valence-electron chi connectivity index (χ0n) is 14.8.